The molecule has 3 aliphatic heterocycles. The van der Waals surface area contributed by atoms with Gasteiger partial charge < -0.3 is 93.7 Å². The number of methoxy groups -OCH3 is 2. The molecule has 0 aliphatic carbocycles. The van der Waals surface area contributed by atoms with E-state index in [1.807, 2.05) is 0 Å². The summed E-state index contributed by atoms with van der Waals surface area (Å²) in [6, 6.07) is 9.05. The van der Waals surface area contributed by atoms with Gasteiger partial charge in [-0.05, 0) is 54.8 Å². The van der Waals surface area contributed by atoms with Gasteiger partial charge in [0, 0.05) is 6.08 Å². The highest BCUT2D eigenvalue weighted by molar-refractivity contribution is 5.87. The van der Waals surface area contributed by atoms with Crippen molar-refractivity contribution in [1.29, 1.82) is 0 Å². The van der Waals surface area contributed by atoms with Gasteiger partial charge in [0.2, 0.25) is 0 Å². The van der Waals surface area contributed by atoms with E-state index in [0.717, 1.165) is 6.08 Å². The van der Waals surface area contributed by atoms with Gasteiger partial charge in [-0.1, -0.05) is 12.1 Å². The topological polar surface area (TPSA) is 302 Å². The lowest BCUT2D eigenvalue weighted by atomic mass is 9.96. The first-order valence-corrected chi connectivity index (χ1v) is 18.0. The lowest BCUT2D eigenvalue weighted by molar-refractivity contribution is -0.386. The predicted octanol–water partition coefficient (Wildman–Crippen LogP) is -2.59. The van der Waals surface area contributed by atoms with E-state index in [1.54, 1.807) is 12.1 Å². The molecule has 20 nitrogen and oxygen atoms in total. The van der Waals surface area contributed by atoms with E-state index in [2.05, 4.69) is 0 Å². The number of ether oxygens (including phenoxy) is 9. The molecule has 5 rings (SSSR count). The number of benzene rings is 2. The van der Waals surface area contributed by atoms with Gasteiger partial charge in [0.05, 0.1) is 33.5 Å². The van der Waals surface area contributed by atoms with Gasteiger partial charge in [0.1, 0.15) is 73.8 Å². The van der Waals surface area contributed by atoms with Crippen LogP contribution in [-0.4, -0.2) is 183 Å². The van der Waals surface area contributed by atoms with E-state index in [-0.39, 0.29) is 36.0 Å². The van der Waals surface area contributed by atoms with E-state index in [0.29, 0.717) is 11.1 Å². The Bertz CT molecular complexity index is 1640. The van der Waals surface area contributed by atoms with Gasteiger partial charge in [-0.3, -0.25) is 0 Å². The quantitative estimate of drug-likeness (QED) is 0.0652. The largest absolute Gasteiger partial charge is 0.504 e. The average molecular weight is 815 g/mol. The van der Waals surface area contributed by atoms with Crippen LogP contribution in [0.3, 0.4) is 0 Å². The second-order valence-corrected chi connectivity index (χ2v) is 13.6. The number of hydrogen-bond donors (Lipinski definition) is 10. The van der Waals surface area contributed by atoms with Crippen LogP contribution in [-0.2, 0) is 44.4 Å². The molecular weight excluding hydrogens is 764 g/mol. The van der Waals surface area contributed by atoms with E-state index in [9.17, 15) is 55.9 Å². The van der Waals surface area contributed by atoms with Crippen molar-refractivity contribution >= 4 is 12.0 Å². The second kappa shape index (κ2) is 19.8. The van der Waals surface area contributed by atoms with Gasteiger partial charge in [-0.2, -0.15) is 0 Å². The van der Waals surface area contributed by atoms with Crippen molar-refractivity contribution in [1.82, 2.24) is 0 Å². The third-order valence-corrected chi connectivity index (χ3v) is 9.78. The normalized spacial score (nSPS) is 35.9. The minimum Gasteiger partial charge on any atom is -0.504 e. The zero-order valence-corrected chi connectivity index (χ0v) is 31.2. The number of rotatable bonds is 15. The average Bonchev–Trinajstić information content (AvgIpc) is 3.19. The maximum Gasteiger partial charge on any atom is 0.330 e. The monoisotopic (exact) mass is 814 g/mol. The molecule has 2 aromatic rings. The lowest BCUT2D eigenvalue weighted by Crippen LogP contribution is -2.66. The highest BCUT2D eigenvalue weighted by Gasteiger charge is 2.53. The van der Waals surface area contributed by atoms with Gasteiger partial charge in [-0.25, -0.2) is 4.79 Å². The number of aliphatic hydroxyl groups is 8. The van der Waals surface area contributed by atoms with E-state index in [1.165, 1.54) is 51.5 Å². The molecule has 0 saturated carbocycles. The lowest BCUT2D eigenvalue weighted by Gasteiger charge is -2.48. The molecule has 3 heterocycles. The van der Waals surface area contributed by atoms with Crippen LogP contribution >= 0.6 is 0 Å². The first-order chi connectivity index (χ1) is 27.2. The molecule has 0 radical (unpaired) electrons. The molecular formula is C37H50O20. The van der Waals surface area contributed by atoms with Crippen molar-refractivity contribution in [2.24, 2.45) is 0 Å². The van der Waals surface area contributed by atoms with E-state index >= 15 is 0 Å². The number of esters is 1. The van der Waals surface area contributed by atoms with Gasteiger partial charge in [0.25, 0.3) is 0 Å². The number of carbonyl (C=O) groups is 1. The van der Waals surface area contributed by atoms with Crippen LogP contribution in [0.1, 0.15) is 18.1 Å². The van der Waals surface area contributed by atoms with Crippen LogP contribution in [0.15, 0.2) is 42.5 Å². The summed E-state index contributed by atoms with van der Waals surface area (Å²) in [5.74, 6) is -0.671. The molecule has 0 spiro atoms. The molecule has 2 aromatic carbocycles. The maximum atomic E-state index is 12.7. The Morgan fingerprint density at radius 1 is 0.702 bits per heavy atom. The molecule has 3 aliphatic rings. The fourth-order valence-corrected chi connectivity index (χ4v) is 6.44. The Kier molecular flexibility index (Phi) is 15.4. The summed E-state index contributed by atoms with van der Waals surface area (Å²) < 4.78 is 50.2. The standard InChI is InChI=1S/C37H50O20/c1-16-26(42)30(46)34(57-36-31(47)29(45)27(43)23(14-38)54-36)37(53-16)56-33-28(44)24(15-52-25(41)9-6-17-4-7-19(39)22(13-17)50-3)55-35(32(33)48)51-11-10-18-5-8-21(49-2)20(40)12-18/h4-9,12-13,16,23-24,26-40,42-48H,10-11,14-15H2,1-3H3. The zero-order valence-electron chi connectivity index (χ0n) is 31.2. The number of phenols is 2. The van der Waals surface area contributed by atoms with Crippen molar-refractivity contribution in [2.45, 2.75) is 105 Å². The molecule has 0 bridgehead atoms. The number of carbonyl (C=O) groups excluding carboxylic acids is 1. The van der Waals surface area contributed by atoms with Crippen molar-refractivity contribution in [3.8, 4) is 23.0 Å². The second-order valence-electron chi connectivity index (χ2n) is 13.6. The summed E-state index contributed by atoms with van der Waals surface area (Å²) in [4.78, 5) is 12.7. The highest BCUT2D eigenvalue weighted by Crippen LogP contribution is 2.34. The van der Waals surface area contributed by atoms with Crippen LogP contribution in [0.25, 0.3) is 6.08 Å². The molecule has 15 atom stereocenters. The Morgan fingerprint density at radius 2 is 1.40 bits per heavy atom. The molecule has 57 heavy (non-hydrogen) atoms. The van der Waals surface area contributed by atoms with E-state index < -0.39 is 111 Å². The zero-order chi connectivity index (χ0) is 41.6. The third kappa shape index (κ3) is 10.5. The van der Waals surface area contributed by atoms with Gasteiger partial charge in [-0.15, -0.1) is 0 Å². The SMILES string of the molecule is COc1ccc(CCOC2OC(COC(=O)C=Cc3ccc(O)c(OC)c3)C(O)C(OC3OC(C)C(O)C(O)C3OC3OC(CO)C(O)C(O)C3O)C2O)cc1O. The summed E-state index contributed by atoms with van der Waals surface area (Å²) in [6.07, 6.45) is -22.3. The smallest absolute Gasteiger partial charge is 0.330 e. The van der Waals surface area contributed by atoms with Crippen LogP contribution < -0.4 is 9.47 Å². The summed E-state index contributed by atoms with van der Waals surface area (Å²) in [6.45, 7) is -0.108. The Balaban J connectivity index is 1.34. The van der Waals surface area contributed by atoms with E-state index in [4.69, 9.17) is 42.6 Å². The van der Waals surface area contributed by atoms with Gasteiger partial charge in [0.15, 0.2) is 41.9 Å². The summed E-state index contributed by atoms with van der Waals surface area (Å²) in [5.41, 5.74) is 1.11. The molecule has 3 saturated heterocycles. The molecule has 20 heteroatoms. The molecule has 0 amide bonds. The first-order valence-electron chi connectivity index (χ1n) is 18.0. The van der Waals surface area contributed by atoms with Crippen molar-refractivity contribution in [3.63, 3.8) is 0 Å². The number of phenolic OH excluding ortho intramolecular Hbond substituents is 2. The van der Waals surface area contributed by atoms with Gasteiger partial charge >= 0.3 is 5.97 Å². The minimum absolute atomic E-state index is 0.105. The third-order valence-electron chi connectivity index (χ3n) is 9.78. The number of aromatic hydroxyl groups is 2. The Hall–Kier alpha value is -3.71. The molecule has 318 valence electrons. The first kappa shape index (κ1) is 44.4. The minimum atomic E-state index is -1.92. The summed E-state index contributed by atoms with van der Waals surface area (Å²) in [7, 11) is 2.76. The Morgan fingerprint density at radius 3 is 2.09 bits per heavy atom. The van der Waals surface area contributed by atoms with Crippen molar-refractivity contribution in [2.75, 3.05) is 34.0 Å². The van der Waals surface area contributed by atoms with Crippen molar-refractivity contribution < 1.29 is 98.5 Å². The van der Waals surface area contributed by atoms with Crippen molar-refractivity contribution in [3.05, 3.63) is 53.6 Å². The molecule has 10 N–H and O–H groups in total. The molecule has 0 aromatic heterocycles. The number of aliphatic hydroxyl groups excluding tert-OH is 8. The predicted molar refractivity (Wildman–Crippen MR) is 190 cm³/mol. The fourth-order valence-electron chi connectivity index (χ4n) is 6.44. The molecule has 3 fully saturated rings. The number of hydrogen-bond acceptors (Lipinski definition) is 20. The van der Waals surface area contributed by atoms with Crippen LogP contribution in [0.4, 0.5) is 0 Å². The highest BCUT2D eigenvalue weighted by atomic mass is 16.8. The summed E-state index contributed by atoms with van der Waals surface area (Å²) >= 11 is 0. The van der Waals surface area contributed by atoms with Crippen LogP contribution in [0, 0.1) is 0 Å². The molecule has 15 unspecified atom stereocenters. The Labute approximate surface area is 326 Å². The van der Waals surface area contributed by atoms with Crippen LogP contribution in [0.2, 0.25) is 0 Å². The summed E-state index contributed by atoms with van der Waals surface area (Å²) in [5, 5.41) is 105. The van der Waals surface area contributed by atoms with Crippen LogP contribution in [0.5, 0.6) is 23.0 Å². The fraction of sp³-hybridized carbons (Fsp3) is 0.595. The maximum absolute atomic E-state index is 12.7.